The average molecular weight is 292 g/mol. The fraction of sp³-hybridized carbons (Fsp3) is 0.929. The van der Waals surface area contributed by atoms with E-state index in [2.05, 4.69) is 5.32 Å². The number of nitrogens with zero attached hydrogens (tertiary/aromatic N) is 1. The molecular formula is C14H23F3N2O. The van der Waals surface area contributed by atoms with Crippen molar-refractivity contribution in [2.24, 2.45) is 5.41 Å². The van der Waals surface area contributed by atoms with E-state index in [0.29, 0.717) is 6.54 Å². The summed E-state index contributed by atoms with van der Waals surface area (Å²) in [4.78, 5) is 14.2. The van der Waals surface area contributed by atoms with Crippen LogP contribution in [0.25, 0.3) is 0 Å². The summed E-state index contributed by atoms with van der Waals surface area (Å²) >= 11 is 0. The Morgan fingerprint density at radius 3 is 2.65 bits per heavy atom. The number of carbonyl (C=O) groups is 1. The number of hydrogen-bond donors (Lipinski definition) is 1. The number of rotatable bonds is 2. The van der Waals surface area contributed by atoms with Gasteiger partial charge in [-0.3, -0.25) is 4.79 Å². The lowest BCUT2D eigenvalue weighted by molar-refractivity contribution is -0.222. The van der Waals surface area contributed by atoms with Gasteiger partial charge in [0.2, 0.25) is 5.91 Å². The Morgan fingerprint density at radius 1 is 1.35 bits per heavy atom. The molecular weight excluding hydrogens is 269 g/mol. The van der Waals surface area contributed by atoms with E-state index in [0.717, 1.165) is 32.1 Å². The van der Waals surface area contributed by atoms with E-state index in [4.69, 9.17) is 0 Å². The molecule has 0 aromatic carbocycles. The molecule has 2 heterocycles. The number of nitrogens with one attached hydrogen (secondary N) is 1. The van der Waals surface area contributed by atoms with Crippen molar-refractivity contribution in [1.82, 2.24) is 10.2 Å². The zero-order chi connectivity index (χ0) is 14.8. The van der Waals surface area contributed by atoms with E-state index in [1.165, 1.54) is 4.90 Å². The third kappa shape index (κ3) is 2.67. The molecule has 0 radical (unpaired) electrons. The maximum Gasteiger partial charge on any atom is 0.404 e. The van der Waals surface area contributed by atoms with Crippen molar-refractivity contribution < 1.29 is 18.0 Å². The molecule has 3 nitrogen and oxygen atoms in total. The van der Waals surface area contributed by atoms with Crippen LogP contribution in [0.4, 0.5) is 13.2 Å². The Kier molecular flexibility index (Phi) is 4.62. The molecule has 6 heteroatoms. The van der Waals surface area contributed by atoms with Crippen molar-refractivity contribution >= 4 is 5.91 Å². The second-order valence-electron chi connectivity index (χ2n) is 5.92. The van der Waals surface area contributed by atoms with Crippen LogP contribution in [0.15, 0.2) is 0 Å². The van der Waals surface area contributed by atoms with Crippen LogP contribution in [0.5, 0.6) is 0 Å². The summed E-state index contributed by atoms with van der Waals surface area (Å²) in [5.41, 5.74) is -2.20. The number of likely N-dealkylation sites (tertiary alicyclic amines) is 1. The van der Waals surface area contributed by atoms with Gasteiger partial charge in [0.05, 0.1) is 0 Å². The maximum absolute atomic E-state index is 13.5. The van der Waals surface area contributed by atoms with Gasteiger partial charge in [0, 0.05) is 19.1 Å². The summed E-state index contributed by atoms with van der Waals surface area (Å²) in [7, 11) is 0. The largest absolute Gasteiger partial charge is 0.404 e. The van der Waals surface area contributed by atoms with Crippen LogP contribution in [0.2, 0.25) is 0 Å². The van der Waals surface area contributed by atoms with Gasteiger partial charge in [-0.15, -0.1) is 0 Å². The molecule has 2 saturated heterocycles. The SMILES string of the molecule is CCC1CCCCCN1C(=O)C1(C(F)(F)F)CCNC1. The van der Waals surface area contributed by atoms with Crippen LogP contribution in [0.1, 0.15) is 45.4 Å². The number of carbonyl (C=O) groups excluding carboxylic acids is 1. The first kappa shape index (κ1) is 15.6. The molecule has 2 aliphatic heterocycles. The van der Waals surface area contributed by atoms with Gasteiger partial charge in [-0.05, 0) is 32.2 Å². The highest BCUT2D eigenvalue weighted by atomic mass is 19.4. The summed E-state index contributed by atoms with van der Waals surface area (Å²) in [6, 6.07) is -0.0372. The van der Waals surface area contributed by atoms with E-state index in [-0.39, 0.29) is 25.6 Å². The minimum absolute atomic E-state index is 0.0372. The average Bonchev–Trinajstić information content (AvgIpc) is 2.78. The van der Waals surface area contributed by atoms with Gasteiger partial charge in [0.25, 0.3) is 0 Å². The van der Waals surface area contributed by atoms with Crippen molar-refractivity contribution in [3.8, 4) is 0 Å². The van der Waals surface area contributed by atoms with E-state index in [9.17, 15) is 18.0 Å². The lowest BCUT2D eigenvalue weighted by Crippen LogP contribution is -2.56. The molecule has 1 N–H and O–H groups in total. The molecule has 116 valence electrons. The lowest BCUT2D eigenvalue weighted by atomic mass is 9.83. The Morgan fingerprint density at radius 2 is 2.10 bits per heavy atom. The molecule has 2 atom stereocenters. The van der Waals surface area contributed by atoms with Crippen LogP contribution in [-0.2, 0) is 4.79 Å². The summed E-state index contributed by atoms with van der Waals surface area (Å²) in [5, 5.41) is 2.72. The molecule has 2 rings (SSSR count). The van der Waals surface area contributed by atoms with Crippen LogP contribution in [-0.4, -0.2) is 42.7 Å². The van der Waals surface area contributed by atoms with Crippen molar-refractivity contribution in [2.45, 2.75) is 57.7 Å². The van der Waals surface area contributed by atoms with Gasteiger partial charge in [0.1, 0.15) is 0 Å². The number of alkyl halides is 3. The number of hydrogen-bond acceptors (Lipinski definition) is 2. The first-order chi connectivity index (χ1) is 9.42. The van der Waals surface area contributed by atoms with Gasteiger partial charge < -0.3 is 10.2 Å². The Hall–Kier alpha value is -0.780. The lowest BCUT2D eigenvalue weighted by Gasteiger charge is -2.38. The summed E-state index contributed by atoms with van der Waals surface area (Å²) in [5.74, 6) is -0.705. The molecule has 2 aliphatic rings. The van der Waals surface area contributed by atoms with Crippen LogP contribution >= 0.6 is 0 Å². The highest BCUT2D eigenvalue weighted by Crippen LogP contribution is 2.45. The molecule has 2 unspecified atom stereocenters. The zero-order valence-corrected chi connectivity index (χ0v) is 11.9. The molecule has 0 saturated carbocycles. The molecule has 0 spiro atoms. The molecule has 0 bridgehead atoms. The minimum atomic E-state index is -4.47. The third-order valence-electron chi connectivity index (χ3n) is 4.72. The minimum Gasteiger partial charge on any atom is -0.339 e. The van der Waals surface area contributed by atoms with Crippen molar-refractivity contribution in [1.29, 1.82) is 0 Å². The highest BCUT2D eigenvalue weighted by molar-refractivity contribution is 5.84. The zero-order valence-electron chi connectivity index (χ0n) is 11.9. The predicted octanol–water partition coefficient (Wildman–Crippen LogP) is 2.71. The van der Waals surface area contributed by atoms with Gasteiger partial charge in [-0.25, -0.2) is 0 Å². The normalized spacial score (nSPS) is 32.2. The highest BCUT2D eigenvalue weighted by Gasteiger charge is 2.62. The van der Waals surface area contributed by atoms with E-state index in [1.807, 2.05) is 6.92 Å². The molecule has 1 amide bonds. The van der Waals surface area contributed by atoms with Gasteiger partial charge in [-0.2, -0.15) is 13.2 Å². The molecule has 0 aliphatic carbocycles. The third-order valence-corrected chi connectivity index (χ3v) is 4.72. The van der Waals surface area contributed by atoms with E-state index in [1.54, 1.807) is 0 Å². The van der Waals surface area contributed by atoms with Crippen molar-refractivity contribution in [2.75, 3.05) is 19.6 Å². The Bertz CT molecular complexity index is 351. The quantitative estimate of drug-likeness (QED) is 0.848. The second-order valence-corrected chi connectivity index (χ2v) is 5.92. The van der Waals surface area contributed by atoms with Crippen LogP contribution in [0, 0.1) is 5.41 Å². The molecule has 2 fully saturated rings. The summed E-state index contributed by atoms with van der Waals surface area (Å²) in [6.45, 7) is 2.40. The fourth-order valence-corrected chi connectivity index (χ4v) is 3.38. The van der Waals surface area contributed by atoms with Gasteiger partial charge >= 0.3 is 6.18 Å². The van der Waals surface area contributed by atoms with Gasteiger partial charge in [0.15, 0.2) is 5.41 Å². The first-order valence-corrected chi connectivity index (χ1v) is 7.51. The van der Waals surface area contributed by atoms with Gasteiger partial charge in [-0.1, -0.05) is 19.8 Å². The standard InChI is InChI=1S/C14H23F3N2O/c1-2-11-6-4-3-5-9-19(11)12(20)13(14(15,16)17)7-8-18-10-13/h11,18H,2-10H2,1H3. The predicted molar refractivity (Wildman–Crippen MR) is 70.2 cm³/mol. The Labute approximate surface area is 117 Å². The summed E-state index contributed by atoms with van der Waals surface area (Å²) in [6.07, 6.45) is -0.252. The van der Waals surface area contributed by atoms with E-state index >= 15 is 0 Å². The fourth-order valence-electron chi connectivity index (χ4n) is 3.38. The van der Waals surface area contributed by atoms with Crippen LogP contribution in [0.3, 0.4) is 0 Å². The van der Waals surface area contributed by atoms with E-state index < -0.39 is 17.5 Å². The smallest absolute Gasteiger partial charge is 0.339 e. The first-order valence-electron chi connectivity index (χ1n) is 7.51. The molecule has 20 heavy (non-hydrogen) atoms. The van der Waals surface area contributed by atoms with Crippen molar-refractivity contribution in [3.05, 3.63) is 0 Å². The molecule has 0 aromatic rings. The summed E-state index contributed by atoms with van der Waals surface area (Å²) < 4.78 is 40.4. The second kappa shape index (κ2) is 5.92. The number of amides is 1. The molecule has 0 aromatic heterocycles. The topological polar surface area (TPSA) is 32.3 Å². The Balaban J connectivity index is 2.26. The number of halogens is 3. The monoisotopic (exact) mass is 292 g/mol. The van der Waals surface area contributed by atoms with Crippen molar-refractivity contribution in [3.63, 3.8) is 0 Å². The van der Waals surface area contributed by atoms with Crippen LogP contribution < -0.4 is 5.32 Å². The maximum atomic E-state index is 13.5.